The molecule has 2 rings (SSSR count). The molecule has 60 valence electrons. The molecule has 0 radical (unpaired) electrons. The van der Waals surface area contributed by atoms with Crippen molar-refractivity contribution in [2.24, 2.45) is 0 Å². The molecule has 0 aliphatic heterocycles. The van der Waals surface area contributed by atoms with Crippen molar-refractivity contribution in [3.8, 4) is 10.9 Å². The maximum Gasteiger partial charge on any atom is 0.0345 e. The smallest absolute Gasteiger partial charge is 0.0345 e. The van der Waals surface area contributed by atoms with Gasteiger partial charge in [-0.3, -0.25) is 0 Å². The van der Waals surface area contributed by atoms with Gasteiger partial charge in [-0.05, 0) is 26.4 Å². The first-order valence-electron chi connectivity index (χ1n) is 3.93. The number of rotatable bonds is 1. The van der Waals surface area contributed by atoms with Crippen LogP contribution in [-0.2, 0) is 0 Å². The van der Waals surface area contributed by atoms with Gasteiger partial charge >= 0.3 is 0 Å². The topological polar surface area (TPSA) is 12.9 Å². The highest BCUT2D eigenvalue weighted by Crippen LogP contribution is 2.29. The summed E-state index contributed by atoms with van der Waals surface area (Å²) in [5.41, 5.74) is 2.62. The van der Waals surface area contributed by atoms with Crippen LogP contribution >= 0.6 is 8.35 Å². The maximum absolute atomic E-state index is 4.25. The number of hydrogen-bond donors (Lipinski definition) is 0. The third-order valence-electron chi connectivity index (χ3n) is 1.89. The zero-order valence-corrected chi connectivity index (χ0v) is 7.91. The molecule has 0 spiro atoms. The van der Waals surface area contributed by atoms with Crippen molar-refractivity contribution in [1.82, 2.24) is 4.75 Å². The lowest BCUT2D eigenvalue weighted by Gasteiger charge is -1.97. The standard InChI is InChI=1S/C10H10NP/c1-8-7-11-12-10(8)9-5-3-2-4-6-9/h2-7,12H,1H3. The summed E-state index contributed by atoms with van der Waals surface area (Å²) < 4.78 is 4.25. The second-order valence-corrected chi connectivity index (χ2v) is 3.78. The Kier molecular flexibility index (Phi) is 1.97. The first-order valence-corrected chi connectivity index (χ1v) is 4.88. The molecule has 0 N–H and O–H groups in total. The van der Waals surface area contributed by atoms with Gasteiger partial charge in [-0.25, -0.2) is 4.75 Å². The van der Waals surface area contributed by atoms with Gasteiger partial charge in [0.05, 0.1) is 0 Å². The number of aromatic nitrogens is 1. The van der Waals surface area contributed by atoms with Gasteiger partial charge in [0.2, 0.25) is 0 Å². The second-order valence-electron chi connectivity index (χ2n) is 2.79. The molecule has 0 amide bonds. The third kappa shape index (κ3) is 1.28. The van der Waals surface area contributed by atoms with Gasteiger partial charge in [-0.1, -0.05) is 30.3 Å². The van der Waals surface area contributed by atoms with E-state index >= 15 is 0 Å². The summed E-state index contributed by atoms with van der Waals surface area (Å²) in [5.74, 6) is 0. The van der Waals surface area contributed by atoms with Crippen LogP contribution in [-0.4, -0.2) is 4.75 Å². The van der Waals surface area contributed by atoms with Crippen molar-refractivity contribution < 1.29 is 0 Å². The molecule has 1 aromatic heterocycles. The highest BCUT2D eigenvalue weighted by Gasteiger charge is 2.00. The SMILES string of the molecule is Cc1cn[pH]c1-c1ccccc1. The molecule has 0 aliphatic rings. The summed E-state index contributed by atoms with van der Waals surface area (Å²) in [6.07, 6.45) is 1.96. The van der Waals surface area contributed by atoms with E-state index in [0.29, 0.717) is 8.35 Å². The zero-order chi connectivity index (χ0) is 8.39. The first kappa shape index (κ1) is 7.57. The second kappa shape index (κ2) is 3.12. The summed E-state index contributed by atoms with van der Waals surface area (Å²) in [6, 6.07) is 10.5. The quantitative estimate of drug-likeness (QED) is 0.649. The Hall–Kier alpha value is -1.07. The Morgan fingerprint density at radius 2 is 1.92 bits per heavy atom. The summed E-state index contributed by atoms with van der Waals surface area (Å²) in [4.78, 5) is 0. The highest BCUT2D eigenvalue weighted by molar-refractivity contribution is 7.29. The predicted octanol–water partition coefficient (Wildman–Crippen LogP) is 3.09. The molecule has 0 aliphatic carbocycles. The third-order valence-corrected chi connectivity index (χ3v) is 3.06. The van der Waals surface area contributed by atoms with Crippen molar-refractivity contribution in [2.75, 3.05) is 0 Å². The normalized spacial score (nSPS) is 10.8. The predicted molar refractivity (Wildman–Crippen MR) is 53.9 cm³/mol. The van der Waals surface area contributed by atoms with Crippen LogP contribution in [0, 0.1) is 6.92 Å². The first-order chi connectivity index (χ1) is 5.88. The fourth-order valence-corrected chi connectivity index (χ4v) is 2.17. The van der Waals surface area contributed by atoms with Gasteiger partial charge in [-0.15, -0.1) is 0 Å². The van der Waals surface area contributed by atoms with Crippen LogP contribution in [0.5, 0.6) is 0 Å². The van der Waals surface area contributed by atoms with Crippen LogP contribution in [0.4, 0.5) is 0 Å². The zero-order valence-electron chi connectivity index (χ0n) is 6.91. The van der Waals surface area contributed by atoms with E-state index in [4.69, 9.17) is 0 Å². The summed E-state index contributed by atoms with van der Waals surface area (Å²) in [7, 11) is 0.607. The van der Waals surface area contributed by atoms with E-state index in [1.54, 1.807) is 0 Å². The monoisotopic (exact) mass is 175 g/mol. The lowest BCUT2D eigenvalue weighted by molar-refractivity contribution is 1.45. The summed E-state index contributed by atoms with van der Waals surface area (Å²) in [5, 5.41) is 1.38. The number of hydrogen-bond acceptors (Lipinski definition) is 1. The molecule has 2 heteroatoms. The van der Waals surface area contributed by atoms with Crippen LogP contribution in [0.1, 0.15) is 5.56 Å². The Morgan fingerprint density at radius 3 is 2.50 bits per heavy atom. The van der Waals surface area contributed by atoms with Gasteiger partial charge in [0.15, 0.2) is 0 Å². The molecule has 1 aromatic carbocycles. The number of benzene rings is 1. The van der Waals surface area contributed by atoms with Crippen LogP contribution in [0.3, 0.4) is 0 Å². The van der Waals surface area contributed by atoms with Crippen molar-refractivity contribution in [2.45, 2.75) is 6.92 Å². The van der Waals surface area contributed by atoms with E-state index < -0.39 is 0 Å². The van der Waals surface area contributed by atoms with Crippen LogP contribution in [0.2, 0.25) is 0 Å². The lowest BCUT2D eigenvalue weighted by atomic mass is 10.1. The molecule has 0 bridgehead atoms. The molecule has 12 heavy (non-hydrogen) atoms. The molecular weight excluding hydrogens is 165 g/mol. The van der Waals surface area contributed by atoms with E-state index in [-0.39, 0.29) is 0 Å². The molecule has 1 unspecified atom stereocenters. The molecule has 2 aromatic rings. The molecule has 0 saturated heterocycles. The molecule has 1 heterocycles. The van der Waals surface area contributed by atoms with Crippen LogP contribution in [0.25, 0.3) is 10.9 Å². The van der Waals surface area contributed by atoms with Crippen molar-refractivity contribution in [3.05, 3.63) is 42.1 Å². The number of nitrogens with zero attached hydrogens (tertiary/aromatic N) is 1. The summed E-state index contributed by atoms with van der Waals surface area (Å²) >= 11 is 0. The molecule has 0 fully saturated rings. The largest absolute Gasteiger partial charge is 0.248 e. The van der Waals surface area contributed by atoms with Gasteiger partial charge in [-0.2, -0.15) is 0 Å². The summed E-state index contributed by atoms with van der Waals surface area (Å²) in [6.45, 7) is 2.12. The van der Waals surface area contributed by atoms with E-state index in [1.165, 1.54) is 16.4 Å². The van der Waals surface area contributed by atoms with Crippen molar-refractivity contribution in [3.63, 3.8) is 0 Å². The minimum atomic E-state index is 0.607. The van der Waals surface area contributed by atoms with Crippen LogP contribution < -0.4 is 0 Å². The van der Waals surface area contributed by atoms with Crippen LogP contribution in [0.15, 0.2) is 36.5 Å². The van der Waals surface area contributed by atoms with E-state index in [0.717, 1.165) is 0 Å². The Balaban J connectivity index is 2.51. The van der Waals surface area contributed by atoms with E-state index in [9.17, 15) is 0 Å². The average Bonchev–Trinajstić information content (AvgIpc) is 2.53. The molecule has 1 atom stereocenters. The molecule has 1 nitrogen and oxygen atoms in total. The Morgan fingerprint density at radius 1 is 1.17 bits per heavy atom. The molecular formula is C10H10NP. The van der Waals surface area contributed by atoms with Crippen molar-refractivity contribution in [1.29, 1.82) is 0 Å². The maximum atomic E-state index is 4.25. The van der Waals surface area contributed by atoms with Gasteiger partial charge in [0.1, 0.15) is 0 Å². The van der Waals surface area contributed by atoms with Crippen molar-refractivity contribution >= 4 is 8.35 Å². The average molecular weight is 175 g/mol. The Bertz CT molecular complexity index is 364. The van der Waals surface area contributed by atoms with E-state index in [2.05, 4.69) is 35.9 Å². The van der Waals surface area contributed by atoms with Gasteiger partial charge in [0.25, 0.3) is 0 Å². The minimum Gasteiger partial charge on any atom is -0.248 e. The highest BCUT2D eigenvalue weighted by atomic mass is 31.0. The number of aryl methyl sites for hydroxylation is 1. The lowest BCUT2D eigenvalue weighted by Crippen LogP contribution is -1.72. The fourth-order valence-electron chi connectivity index (χ4n) is 1.24. The van der Waals surface area contributed by atoms with Gasteiger partial charge in [0, 0.05) is 11.5 Å². The molecule has 0 saturated carbocycles. The Labute approximate surface area is 73.6 Å². The fraction of sp³-hybridized carbons (Fsp3) is 0.100. The van der Waals surface area contributed by atoms with E-state index in [1.807, 2.05) is 12.3 Å². The van der Waals surface area contributed by atoms with Gasteiger partial charge < -0.3 is 0 Å². The minimum absolute atomic E-state index is 0.607.